The lowest BCUT2D eigenvalue weighted by Crippen LogP contribution is -2.28. The van der Waals surface area contributed by atoms with Crippen LogP contribution in [0.2, 0.25) is 0 Å². The van der Waals surface area contributed by atoms with Crippen LogP contribution in [0.4, 0.5) is 5.82 Å². The molecule has 0 unspecified atom stereocenters. The van der Waals surface area contributed by atoms with Crippen LogP contribution in [0.25, 0.3) is 22.5 Å². The largest absolute Gasteiger partial charge is 0.507 e. The number of aromatic hydroxyl groups is 1. The summed E-state index contributed by atoms with van der Waals surface area (Å²) >= 11 is 0. The first-order valence-electron chi connectivity index (χ1n) is 8.24. The molecule has 2 aromatic heterocycles. The van der Waals surface area contributed by atoms with Gasteiger partial charge in [-0.3, -0.25) is 5.10 Å². The number of nitrogens with zero attached hydrogens (tertiary/aromatic N) is 3. The summed E-state index contributed by atoms with van der Waals surface area (Å²) in [7, 11) is 0. The third-order valence-corrected chi connectivity index (χ3v) is 3.99. The molecule has 0 aliphatic carbocycles. The Labute approximate surface area is 146 Å². The average molecular weight is 338 g/mol. The number of hydrogen-bond donors (Lipinski definition) is 4. The van der Waals surface area contributed by atoms with Gasteiger partial charge in [-0.15, -0.1) is 0 Å². The molecule has 0 saturated heterocycles. The van der Waals surface area contributed by atoms with E-state index in [0.29, 0.717) is 23.8 Å². The van der Waals surface area contributed by atoms with Gasteiger partial charge in [0.1, 0.15) is 11.6 Å². The monoisotopic (exact) mass is 338 g/mol. The van der Waals surface area contributed by atoms with Gasteiger partial charge in [-0.1, -0.05) is 13.0 Å². The summed E-state index contributed by atoms with van der Waals surface area (Å²) in [6, 6.07) is 7.26. The minimum atomic E-state index is 0.0662. The van der Waals surface area contributed by atoms with E-state index in [9.17, 15) is 5.11 Å². The minimum Gasteiger partial charge on any atom is -0.507 e. The molecule has 7 nitrogen and oxygen atoms in total. The predicted molar refractivity (Wildman–Crippen MR) is 98.2 cm³/mol. The van der Waals surface area contributed by atoms with Crippen molar-refractivity contribution in [3.63, 3.8) is 0 Å². The van der Waals surface area contributed by atoms with Crippen LogP contribution in [0.1, 0.15) is 19.0 Å². The lowest BCUT2D eigenvalue weighted by Gasteiger charge is -2.13. The molecule has 0 amide bonds. The maximum atomic E-state index is 10.3. The van der Waals surface area contributed by atoms with Crippen LogP contribution in [-0.4, -0.2) is 37.9 Å². The van der Waals surface area contributed by atoms with E-state index in [1.807, 2.05) is 32.0 Å². The molecular weight excluding hydrogens is 316 g/mol. The topological polar surface area (TPSA) is 113 Å². The summed E-state index contributed by atoms with van der Waals surface area (Å²) in [5.41, 5.74) is 9.19. The van der Waals surface area contributed by atoms with Gasteiger partial charge in [0.25, 0.3) is 0 Å². The molecule has 0 aliphatic rings. The van der Waals surface area contributed by atoms with E-state index < -0.39 is 0 Å². The number of nitrogens with one attached hydrogen (secondary N) is 2. The molecule has 0 fully saturated rings. The summed E-state index contributed by atoms with van der Waals surface area (Å²) in [4.78, 5) is 9.00. The van der Waals surface area contributed by atoms with Crippen LogP contribution >= 0.6 is 0 Å². The van der Waals surface area contributed by atoms with Crippen LogP contribution < -0.4 is 11.1 Å². The predicted octanol–water partition coefficient (Wildman–Crippen LogP) is 2.70. The Kier molecular flexibility index (Phi) is 4.95. The number of aryl methyl sites for hydroxylation is 1. The van der Waals surface area contributed by atoms with Crippen LogP contribution in [-0.2, 0) is 0 Å². The molecule has 0 bridgehead atoms. The summed E-state index contributed by atoms with van der Waals surface area (Å²) in [6.07, 6.45) is 4.41. The Morgan fingerprint density at radius 1 is 1.24 bits per heavy atom. The molecule has 1 aromatic carbocycles. The molecule has 0 aliphatic heterocycles. The molecule has 7 heteroatoms. The zero-order valence-electron chi connectivity index (χ0n) is 14.3. The molecule has 25 heavy (non-hydrogen) atoms. The Balaban J connectivity index is 1.95. The number of rotatable bonds is 6. The molecular formula is C18H22N6O. The second-order valence-electron chi connectivity index (χ2n) is 5.99. The molecule has 5 N–H and O–H groups in total. The number of phenols is 1. The number of H-pyrrole nitrogens is 1. The van der Waals surface area contributed by atoms with Crippen LogP contribution in [0.5, 0.6) is 5.75 Å². The summed E-state index contributed by atoms with van der Waals surface area (Å²) in [5, 5.41) is 20.3. The maximum Gasteiger partial charge on any atom is 0.165 e. The number of benzene rings is 1. The molecule has 0 saturated carbocycles. The van der Waals surface area contributed by atoms with E-state index in [-0.39, 0.29) is 11.8 Å². The number of aromatic nitrogens is 4. The van der Waals surface area contributed by atoms with Gasteiger partial charge in [0.2, 0.25) is 0 Å². The number of phenolic OH excluding ortho intramolecular Hbond substituents is 1. The van der Waals surface area contributed by atoms with Gasteiger partial charge >= 0.3 is 0 Å². The zero-order valence-corrected chi connectivity index (χ0v) is 14.3. The second kappa shape index (κ2) is 7.31. The molecule has 3 aromatic rings. The van der Waals surface area contributed by atoms with Crippen molar-refractivity contribution in [2.75, 3.05) is 11.9 Å². The lowest BCUT2D eigenvalue weighted by molar-refractivity contribution is 0.477. The first-order valence-corrected chi connectivity index (χ1v) is 8.24. The Bertz CT molecular complexity index is 847. The van der Waals surface area contributed by atoms with Crippen molar-refractivity contribution < 1.29 is 5.11 Å². The van der Waals surface area contributed by atoms with Gasteiger partial charge in [0.15, 0.2) is 5.82 Å². The number of aromatic amines is 1. The van der Waals surface area contributed by atoms with Crippen molar-refractivity contribution >= 4 is 5.82 Å². The normalized spacial score (nSPS) is 12.1. The fourth-order valence-corrected chi connectivity index (χ4v) is 2.46. The molecule has 0 spiro atoms. The van der Waals surface area contributed by atoms with Crippen LogP contribution in [0.15, 0.2) is 36.7 Å². The third-order valence-electron chi connectivity index (χ3n) is 3.99. The first-order chi connectivity index (χ1) is 12.1. The quantitative estimate of drug-likeness (QED) is 0.550. The van der Waals surface area contributed by atoms with Crippen molar-refractivity contribution in [1.82, 2.24) is 20.2 Å². The van der Waals surface area contributed by atoms with Gasteiger partial charge < -0.3 is 16.2 Å². The van der Waals surface area contributed by atoms with Crippen molar-refractivity contribution in [1.29, 1.82) is 0 Å². The minimum absolute atomic E-state index is 0.0662. The molecule has 130 valence electrons. The van der Waals surface area contributed by atoms with Gasteiger partial charge in [-0.2, -0.15) is 5.10 Å². The maximum absolute atomic E-state index is 10.3. The van der Waals surface area contributed by atoms with Gasteiger partial charge in [0, 0.05) is 36.1 Å². The van der Waals surface area contributed by atoms with Crippen molar-refractivity contribution in [2.24, 2.45) is 5.73 Å². The Morgan fingerprint density at radius 2 is 2.08 bits per heavy atom. The number of nitrogens with two attached hydrogens (primary N) is 1. The molecule has 2 heterocycles. The molecule has 0 radical (unpaired) electrons. The van der Waals surface area contributed by atoms with E-state index in [1.54, 1.807) is 18.5 Å². The molecule has 3 rings (SSSR count). The molecule has 1 atom stereocenters. The number of anilines is 1. The van der Waals surface area contributed by atoms with Crippen molar-refractivity contribution in [3.8, 4) is 28.3 Å². The highest BCUT2D eigenvalue weighted by Gasteiger charge is 2.12. The second-order valence-corrected chi connectivity index (χ2v) is 5.99. The third kappa shape index (κ3) is 3.95. The smallest absolute Gasteiger partial charge is 0.165 e. The van der Waals surface area contributed by atoms with E-state index in [2.05, 4.69) is 25.5 Å². The van der Waals surface area contributed by atoms with Crippen LogP contribution in [0, 0.1) is 6.92 Å². The highest BCUT2D eigenvalue weighted by molar-refractivity contribution is 5.74. The Morgan fingerprint density at radius 3 is 2.80 bits per heavy atom. The SMILES string of the molecule is CC[C@@H](N)CNc1cc(C)nc(-c2cc(-c3cn[nH]c3)ccc2O)n1. The van der Waals surface area contributed by atoms with Gasteiger partial charge in [0.05, 0.1) is 11.8 Å². The van der Waals surface area contributed by atoms with Crippen molar-refractivity contribution in [2.45, 2.75) is 26.3 Å². The van der Waals surface area contributed by atoms with E-state index in [1.165, 1.54) is 0 Å². The summed E-state index contributed by atoms with van der Waals surface area (Å²) in [6.45, 7) is 4.57. The summed E-state index contributed by atoms with van der Waals surface area (Å²) in [5.74, 6) is 1.30. The van der Waals surface area contributed by atoms with E-state index in [4.69, 9.17) is 5.73 Å². The van der Waals surface area contributed by atoms with Gasteiger partial charge in [-0.25, -0.2) is 9.97 Å². The first kappa shape index (κ1) is 16.9. The van der Waals surface area contributed by atoms with Crippen molar-refractivity contribution in [3.05, 3.63) is 42.4 Å². The van der Waals surface area contributed by atoms with Gasteiger partial charge in [-0.05, 0) is 31.0 Å². The van der Waals surface area contributed by atoms with Crippen LogP contribution in [0.3, 0.4) is 0 Å². The van der Waals surface area contributed by atoms with E-state index >= 15 is 0 Å². The fraction of sp³-hybridized carbons (Fsp3) is 0.278. The lowest BCUT2D eigenvalue weighted by atomic mass is 10.0. The van der Waals surface area contributed by atoms with E-state index in [0.717, 1.165) is 23.2 Å². The highest BCUT2D eigenvalue weighted by Crippen LogP contribution is 2.32. The standard InChI is InChI=1S/C18H22N6O/c1-3-14(19)10-20-17-6-11(2)23-18(24-17)15-7-12(4-5-16(15)25)13-8-21-22-9-13/h4-9,14,25H,3,10,19H2,1-2H3,(H,21,22)(H,20,23,24)/t14-/m1/s1. The number of hydrogen-bond acceptors (Lipinski definition) is 6. The zero-order chi connectivity index (χ0) is 17.8. The average Bonchev–Trinajstić information content (AvgIpc) is 3.14. The highest BCUT2D eigenvalue weighted by atomic mass is 16.3. The Hall–Kier alpha value is -2.93. The summed E-state index contributed by atoms with van der Waals surface area (Å²) < 4.78 is 0. The fourth-order valence-electron chi connectivity index (χ4n) is 2.46.